The number of hydrogen-bond donors (Lipinski definition) is 0. The molecule has 0 atom stereocenters. The van der Waals surface area contributed by atoms with Gasteiger partial charge in [-0.05, 0) is 70.5 Å². The maximum atomic E-state index is 15.0. The minimum absolute atomic E-state index is 0.000916. The molecular weight excluding hydrogens is 617 g/mol. The van der Waals surface area contributed by atoms with E-state index in [1.54, 1.807) is 24.3 Å². The van der Waals surface area contributed by atoms with Crippen LogP contribution < -0.4 is 4.74 Å². The summed E-state index contributed by atoms with van der Waals surface area (Å²) in [6.07, 6.45) is -0.221. The van der Waals surface area contributed by atoms with Crippen molar-refractivity contribution in [2.75, 3.05) is 0 Å². The minimum atomic E-state index is -4.65. The van der Waals surface area contributed by atoms with Gasteiger partial charge in [-0.2, -0.15) is 8.78 Å². The lowest BCUT2D eigenvalue weighted by Crippen LogP contribution is -2.25. The third-order valence-corrected chi connectivity index (χ3v) is 7.68. The van der Waals surface area contributed by atoms with Gasteiger partial charge in [-0.3, -0.25) is 0 Å². The number of benzene rings is 5. The molecule has 5 aromatic carbocycles. The lowest BCUT2D eigenvalue weighted by Gasteiger charge is -2.20. The molecule has 0 amide bonds. The fourth-order valence-electron chi connectivity index (χ4n) is 5.05. The van der Waals surface area contributed by atoms with E-state index >= 15 is 17.6 Å². The van der Waals surface area contributed by atoms with Gasteiger partial charge in [0.1, 0.15) is 40.4 Å². The predicted octanol–water partition coefficient (Wildman–Crippen LogP) is 11.9. The molecule has 5 rings (SSSR count). The second-order valence-corrected chi connectivity index (χ2v) is 11.0. The average Bonchev–Trinajstić information content (AvgIpc) is 2.98. The number of unbranched alkanes of at least 4 members (excludes halogenated alkanes) is 2. The summed E-state index contributed by atoms with van der Waals surface area (Å²) in [5, 5.41) is -0.287. The van der Waals surface area contributed by atoms with Crippen LogP contribution in [0.1, 0.15) is 37.3 Å². The molecule has 0 spiro atoms. The summed E-state index contributed by atoms with van der Waals surface area (Å²) >= 11 is 5.60. The van der Waals surface area contributed by atoms with E-state index in [2.05, 4.69) is 23.8 Å². The molecule has 232 valence electrons. The summed E-state index contributed by atoms with van der Waals surface area (Å²) in [4.78, 5) is 0. The zero-order chi connectivity index (χ0) is 32.3. The van der Waals surface area contributed by atoms with Crippen LogP contribution in [-0.4, -0.2) is 0 Å². The third-order valence-electron chi connectivity index (χ3n) is 7.38. The molecular formula is C36H26ClF7O. The molecule has 0 aliphatic rings. The molecule has 1 nitrogen and oxygen atoms in total. The molecule has 0 aliphatic heterocycles. The molecule has 0 bridgehead atoms. The van der Waals surface area contributed by atoms with E-state index in [1.165, 1.54) is 12.0 Å². The Morgan fingerprint density at radius 1 is 0.578 bits per heavy atom. The van der Waals surface area contributed by atoms with E-state index in [4.69, 9.17) is 11.6 Å². The molecule has 45 heavy (non-hydrogen) atoms. The Labute approximate surface area is 260 Å². The van der Waals surface area contributed by atoms with Crippen molar-refractivity contribution in [3.05, 3.63) is 136 Å². The first-order valence-corrected chi connectivity index (χ1v) is 14.5. The molecule has 0 saturated carbocycles. The summed E-state index contributed by atoms with van der Waals surface area (Å²) < 4.78 is 108. The quantitative estimate of drug-likeness (QED) is 0.109. The van der Waals surface area contributed by atoms with Gasteiger partial charge in [0, 0.05) is 12.1 Å². The first kappa shape index (κ1) is 32.1. The highest BCUT2D eigenvalue weighted by Gasteiger charge is 2.41. The summed E-state index contributed by atoms with van der Waals surface area (Å²) in [6, 6.07) is 20.1. The van der Waals surface area contributed by atoms with Crippen LogP contribution in [0.15, 0.2) is 91.0 Å². The number of rotatable bonds is 10. The standard InChI is InChI=1S/C36H26ClF7O/c1-2-3-4-5-21-6-8-22(9-7-21)23-10-12-24(13-11-23)26-17-32(41)35(33(42)18-26)36(43,44)45-27-19-30(39)34(31(40)20-27)25-14-15-28(37)29(38)16-25/h6-20H,2-5H2,1H3. The van der Waals surface area contributed by atoms with Crippen molar-refractivity contribution in [3.63, 3.8) is 0 Å². The predicted molar refractivity (Wildman–Crippen MR) is 162 cm³/mol. The summed E-state index contributed by atoms with van der Waals surface area (Å²) in [5.41, 5.74) is 0.717. The monoisotopic (exact) mass is 642 g/mol. The van der Waals surface area contributed by atoms with Crippen LogP contribution in [0.2, 0.25) is 5.02 Å². The van der Waals surface area contributed by atoms with Crippen LogP contribution in [0.25, 0.3) is 33.4 Å². The highest BCUT2D eigenvalue weighted by Crippen LogP contribution is 2.39. The van der Waals surface area contributed by atoms with Crippen LogP contribution in [0, 0.1) is 29.1 Å². The van der Waals surface area contributed by atoms with E-state index in [1.807, 2.05) is 12.1 Å². The highest BCUT2D eigenvalue weighted by molar-refractivity contribution is 6.30. The third kappa shape index (κ3) is 7.17. The molecule has 0 aromatic heterocycles. The van der Waals surface area contributed by atoms with Gasteiger partial charge in [-0.1, -0.05) is 86.0 Å². The molecule has 0 heterocycles. The van der Waals surface area contributed by atoms with Crippen LogP contribution in [0.3, 0.4) is 0 Å². The van der Waals surface area contributed by atoms with Gasteiger partial charge in [0.2, 0.25) is 0 Å². The van der Waals surface area contributed by atoms with Crippen molar-refractivity contribution in [2.45, 2.75) is 38.7 Å². The van der Waals surface area contributed by atoms with Gasteiger partial charge in [0.15, 0.2) is 0 Å². The first-order valence-electron chi connectivity index (χ1n) is 14.2. The molecule has 9 heteroatoms. The lowest BCUT2D eigenvalue weighted by atomic mass is 9.97. The molecule has 5 aromatic rings. The molecule has 0 radical (unpaired) electrons. The minimum Gasteiger partial charge on any atom is -0.429 e. The van der Waals surface area contributed by atoms with Crippen molar-refractivity contribution in [1.29, 1.82) is 0 Å². The van der Waals surface area contributed by atoms with Crippen LogP contribution in [0.5, 0.6) is 5.75 Å². The zero-order valence-corrected chi connectivity index (χ0v) is 24.7. The van der Waals surface area contributed by atoms with Crippen molar-refractivity contribution in [3.8, 4) is 39.1 Å². The summed E-state index contributed by atoms with van der Waals surface area (Å²) in [6.45, 7) is 2.15. The topological polar surface area (TPSA) is 9.23 Å². The van der Waals surface area contributed by atoms with Crippen LogP contribution in [0.4, 0.5) is 30.7 Å². The summed E-state index contributed by atoms with van der Waals surface area (Å²) in [7, 11) is 0. The zero-order valence-electron chi connectivity index (χ0n) is 23.9. The van der Waals surface area contributed by atoms with Gasteiger partial charge in [0.05, 0.1) is 10.6 Å². The Bertz CT molecular complexity index is 1770. The van der Waals surface area contributed by atoms with Gasteiger partial charge < -0.3 is 4.74 Å². The molecule has 0 aliphatic carbocycles. The second-order valence-electron chi connectivity index (χ2n) is 10.6. The fraction of sp³-hybridized carbons (Fsp3) is 0.167. The Hall–Kier alpha value is -4.30. The Morgan fingerprint density at radius 2 is 1.07 bits per heavy atom. The van der Waals surface area contributed by atoms with E-state index in [0.29, 0.717) is 17.7 Å². The number of halogens is 8. The van der Waals surface area contributed by atoms with Gasteiger partial charge in [-0.25, -0.2) is 22.0 Å². The molecule has 0 unspecified atom stereocenters. The Kier molecular flexibility index (Phi) is 9.53. The second kappa shape index (κ2) is 13.4. The van der Waals surface area contributed by atoms with Crippen molar-refractivity contribution < 1.29 is 35.5 Å². The van der Waals surface area contributed by atoms with Crippen LogP contribution in [-0.2, 0) is 12.5 Å². The maximum absolute atomic E-state index is 15.0. The van der Waals surface area contributed by atoms with Crippen molar-refractivity contribution >= 4 is 11.6 Å². The normalized spacial score (nSPS) is 11.6. The SMILES string of the molecule is CCCCCc1ccc(-c2ccc(-c3cc(F)c(C(F)(F)Oc4cc(F)c(-c5ccc(Cl)c(F)c5)c(F)c4)c(F)c3)cc2)cc1. The number of alkyl halides is 2. The van der Waals surface area contributed by atoms with Gasteiger partial charge in [-0.15, -0.1) is 0 Å². The smallest absolute Gasteiger partial charge is 0.429 e. The Balaban J connectivity index is 1.35. The lowest BCUT2D eigenvalue weighted by molar-refractivity contribution is -0.189. The fourth-order valence-corrected chi connectivity index (χ4v) is 5.17. The number of ether oxygens (including phenoxy) is 1. The van der Waals surface area contributed by atoms with Gasteiger partial charge in [0.25, 0.3) is 0 Å². The maximum Gasteiger partial charge on any atom is 0.432 e. The largest absolute Gasteiger partial charge is 0.432 e. The van der Waals surface area contributed by atoms with Crippen molar-refractivity contribution in [1.82, 2.24) is 0 Å². The van der Waals surface area contributed by atoms with Gasteiger partial charge >= 0.3 is 6.11 Å². The highest BCUT2D eigenvalue weighted by atomic mass is 35.5. The van der Waals surface area contributed by atoms with E-state index in [-0.39, 0.29) is 16.1 Å². The van der Waals surface area contributed by atoms with E-state index in [0.717, 1.165) is 60.7 Å². The van der Waals surface area contributed by atoms with Crippen molar-refractivity contribution in [2.24, 2.45) is 0 Å². The first-order chi connectivity index (χ1) is 21.5. The van der Waals surface area contributed by atoms with E-state index < -0.39 is 52.1 Å². The Morgan fingerprint density at radius 3 is 1.60 bits per heavy atom. The van der Waals surface area contributed by atoms with Crippen LogP contribution >= 0.6 is 11.6 Å². The number of aryl methyl sites for hydroxylation is 1. The number of hydrogen-bond acceptors (Lipinski definition) is 1. The molecule has 0 N–H and O–H groups in total. The summed E-state index contributed by atoms with van der Waals surface area (Å²) in [5.74, 6) is -7.97. The average molecular weight is 643 g/mol. The van der Waals surface area contributed by atoms with E-state index in [9.17, 15) is 13.2 Å². The molecule has 0 fully saturated rings. The molecule has 0 saturated heterocycles.